The van der Waals surface area contributed by atoms with Crippen LogP contribution in [0, 0.1) is 6.92 Å². The van der Waals surface area contributed by atoms with Crippen LogP contribution >= 0.6 is 11.3 Å². The molecule has 1 atom stereocenters. The van der Waals surface area contributed by atoms with Crippen LogP contribution in [0.3, 0.4) is 0 Å². The molecule has 0 saturated carbocycles. The van der Waals surface area contributed by atoms with Crippen LogP contribution in [0.4, 0.5) is 0 Å². The van der Waals surface area contributed by atoms with E-state index in [-0.39, 0.29) is 24.4 Å². The first kappa shape index (κ1) is 19.4. The second-order valence-corrected chi connectivity index (χ2v) is 7.76. The highest BCUT2D eigenvalue weighted by atomic mass is 32.1. The number of amides is 2. The Balaban J connectivity index is 1.79. The van der Waals surface area contributed by atoms with Gasteiger partial charge in [-0.05, 0) is 48.9 Å². The Morgan fingerprint density at radius 2 is 2.07 bits per heavy atom. The second kappa shape index (κ2) is 8.57. The molecular formula is C21H26N2O3S. The van der Waals surface area contributed by atoms with Gasteiger partial charge in [0, 0.05) is 24.9 Å². The zero-order valence-electron chi connectivity index (χ0n) is 16.1. The molecule has 144 valence electrons. The van der Waals surface area contributed by atoms with Crippen molar-refractivity contribution in [3.63, 3.8) is 0 Å². The molecule has 2 heterocycles. The van der Waals surface area contributed by atoms with E-state index in [1.165, 1.54) is 17.4 Å². The van der Waals surface area contributed by atoms with Crippen molar-refractivity contribution in [2.75, 3.05) is 26.2 Å². The van der Waals surface area contributed by atoms with Crippen LogP contribution in [-0.2, 0) is 16.0 Å². The van der Waals surface area contributed by atoms with Gasteiger partial charge in [-0.25, -0.2) is 0 Å². The zero-order chi connectivity index (χ0) is 19.4. The van der Waals surface area contributed by atoms with Gasteiger partial charge in [0.05, 0.1) is 12.6 Å². The monoisotopic (exact) mass is 386 g/mol. The number of thiophene rings is 1. The summed E-state index contributed by atoms with van der Waals surface area (Å²) in [4.78, 5) is 29.4. The van der Waals surface area contributed by atoms with E-state index in [0.717, 1.165) is 17.7 Å². The van der Waals surface area contributed by atoms with Gasteiger partial charge in [0.15, 0.2) is 0 Å². The maximum absolute atomic E-state index is 13.0. The largest absolute Gasteiger partial charge is 0.491 e. The highest BCUT2D eigenvalue weighted by Crippen LogP contribution is 2.34. The smallest absolute Gasteiger partial charge is 0.242 e. The molecule has 3 rings (SSSR count). The summed E-state index contributed by atoms with van der Waals surface area (Å²) in [5.41, 5.74) is 2.24. The summed E-state index contributed by atoms with van der Waals surface area (Å²) in [7, 11) is 0. The number of carbonyl (C=O) groups is 2. The molecule has 0 N–H and O–H groups in total. The van der Waals surface area contributed by atoms with Crippen molar-refractivity contribution in [1.82, 2.24) is 9.80 Å². The molecule has 2 aromatic rings. The van der Waals surface area contributed by atoms with E-state index in [9.17, 15) is 9.59 Å². The van der Waals surface area contributed by atoms with E-state index >= 15 is 0 Å². The van der Waals surface area contributed by atoms with Crippen LogP contribution in [-0.4, -0.2) is 47.9 Å². The predicted octanol–water partition coefficient (Wildman–Crippen LogP) is 3.43. The van der Waals surface area contributed by atoms with Gasteiger partial charge in [0.2, 0.25) is 11.8 Å². The third kappa shape index (κ3) is 4.33. The Morgan fingerprint density at radius 3 is 2.78 bits per heavy atom. The number of likely N-dealkylation sites (N-methyl/N-ethyl adjacent to an activating group) is 1. The number of hydrogen-bond acceptors (Lipinski definition) is 4. The van der Waals surface area contributed by atoms with Gasteiger partial charge < -0.3 is 14.5 Å². The number of fused-ring (bicyclic) bond motifs is 1. The van der Waals surface area contributed by atoms with E-state index in [0.29, 0.717) is 19.7 Å². The molecule has 2 amide bonds. The third-order valence-electron chi connectivity index (χ3n) is 5.06. The number of ether oxygens (including phenoxy) is 1. The van der Waals surface area contributed by atoms with E-state index in [2.05, 4.69) is 11.4 Å². The molecular weight excluding hydrogens is 360 g/mol. The average molecular weight is 387 g/mol. The molecule has 5 nitrogen and oxygen atoms in total. The average Bonchev–Trinajstić information content (AvgIpc) is 3.13. The van der Waals surface area contributed by atoms with Crippen molar-refractivity contribution in [2.24, 2.45) is 0 Å². The van der Waals surface area contributed by atoms with Gasteiger partial charge in [-0.2, -0.15) is 0 Å². The first-order chi connectivity index (χ1) is 13.0. The highest BCUT2D eigenvalue weighted by Gasteiger charge is 2.33. The fourth-order valence-electron chi connectivity index (χ4n) is 3.46. The molecule has 1 aliphatic rings. The molecule has 1 aromatic heterocycles. The summed E-state index contributed by atoms with van der Waals surface area (Å²) in [6.07, 6.45) is 0.853. The number of rotatable bonds is 6. The minimum Gasteiger partial charge on any atom is -0.491 e. The number of nitrogens with zero attached hydrogens (tertiary/aromatic N) is 2. The Kier molecular flexibility index (Phi) is 6.16. The zero-order valence-corrected chi connectivity index (χ0v) is 16.9. The number of carbonyl (C=O) groups excluding carboxylic acids is 2. The highest BCUT2D eigenvalue weighted by molar-refractivity contribution is 7.10. The molecule has 6 heteroatoms. The van der Waals surface area contributed by atoms with Crippen LogP contribution in [0.25, 0.3) is 0 Å². The minimum atomic E-state index is -0.127. The van der Waals surface area contributed by atoms with E-state index in [1.807, 2.05) is 43.0 Å². The maximum Gasteiger partial charge on any atom is 0.242 e. The lowest BCUT2D eigenvalue weighted by atomic mass is 10.0. The molecule has 0 spiro atoms. The van der Waals surface area contributed by atoms with Crippen molar-refractivity contribution < 1.29 is 14.3 Å². The van der Waals surface area contributed by atoms with Crippen LogP contribution in [0.5, 0.6) is 5.75 Å². The minimum absolute atomic E-state index is 0.0257. The molecule has 27 heavy (non-hydrogen) atoms. The third-order valence-corrected chi connectivity index (χ3v) is 6.06. The lowest BCUT2D eigenvalue weighted by Crippen LogP contribution is -2.47. The van der Waals surface area contributed by atoms with Gasteiger partial charge in [0.25, 0.3) is 0 Å². The molecule has 1 aromatic carbocycles. The van der Waals surface area contributed by atoms with Crippen molar-refractivity contribution >= 4 is 23.2 Å². The van der Waals surface area contributed by atoms with Gasteiger partial charge >= 0.3 is 0 Å². The standard InChI is InChI=1S/C21H26N2O3S/c1-4-22(16(3)24)13-21(25)23-11-9-20-17(10-12-27-20)18(23)14-26-19-8-6-5-7-15(19)2/h5-8,10,12,18H,4,9,11,13-14H2,1-3H3. The van der Waals surface area contributed by atoms with Crippen LogP contribution in [0.15, 0.2) is 35.7 Å². The van der Waals surface area contributed by atoms with Gasteiger partial charge in [-0.1, -0.05) is 18.2 Å². The van der Waals surface area contributed by atoms with Gasteiger partial charge in [-0.3, -0.25) is 9.59 Å². The maximum atomic E-state index is 13.0. The van der Waals surface area contributed by atoms with Gasteiger partial charge in [0.1, 0.15) is 12.4 Å². The summed E-state index contributed by atoms with van der Waals surface area (Å²) in [5, 5.41) is 2.08. The number of benzene rings is 1. The number of hydrogen-bond donors (Lipinski definition) is 0. The topological polar surface area (TPSA) is 49.9 Å². The van der Waals surface area contributed by atoms with E-state index in [4.69, 9.17) is 4.74 Å². The quantitative estimate of drug-likeness (QED) is 0.764. The molecule has 0 radical (unpaired) electrons. The lowest BCUT2D eigenvalue weighted by Gasteiger charge is -2.37. The summed E-state index contributed by atoms with van der Waals surface area (Å²) in [6, 6.07) is 9.87. The molecule has 0 saturated heterocycles. The van der Waals surface area contributed by atoms with Crippen molar-refractivity contribution in [3.05, 3.63) is 51.7 Å². The summed E-state index contributed by atoms with van der Waals surface area (Å²) < 4.78 is 6.09. The first-order valence-corrected chi connectivity index (χ1v) is 10.2. The summed E-state index contributed by atoms with van der Waals surface area (Å²) in [5.74, 6) is 0.736. The van der Waals surface area contributed by atoms with Crippen LogP contribution < -0.4 is 4.74 Å². The van der Waals surface area contributed by atoms with Crippen molar-refractivity contribution in [3.8, 4) is 5.75 Å². The van der Waals surface area contributed by atoms with Crippen molar-refractivity contribution in [2.45, 2.75) is 33.2 Å². The Hall–Kier alpha value is -2.34. The number of aryl methyl sites for hydroxylation is 1. The van der Waals surface area contributed by atoms with Crippen LogP contribution in [0.2, 0.25) is 0 Å². The molecule has 1 unspecified atom stereocenters. The predicted molar refractivity (Wildman–Crippen MR) is 107 cm³/mol. The fourth-order valence-corrected chi connectivity index (χ4v) is 4.39. The second-order valence-electron chi connectivity index (χ2n) is 6.76. The van der Waals surface area contributed by atoms with E-state index in [1.54, 1.807) is 16.2 Å². The Morgan fingerprint density at radius 1 is 1.30 bits per heavy atom. The normalized spacial score (nSPS) is 16.0. The Bertz CT molecular complexity index is 817. The van der Waals surface area contributed by atoms with Crippen molar-refractivity contribution in [1.29, 1.82) is 0 Å². The van der Waals surface area contributed by atoms with E-state index < -0.39 is 0 Å². The first-order valence-electron chi connectivity index (χ1n) is 9.31. The SMILES string of the molecule is CCN(CC(=O)N1CCc2sccc2C1COc1ccccc1C)C(C)=O. The fraction of sp³-hybridized carbons (Fsp3) is 0.429. The number of para-hydroxylation sites is 1. The van der Waals surface area contributed by atoms with Gasteiger partial charge in [-0.15, -0.1) is 11.3 Å². The molecule has 0 aliphatic carbocycles. The van der Waals surface area contributed by atoms with Crippen LogP contribution in [0.1, 0.15) is 35.9 Å². The Labute approximate surface area is 164 Å². The summed E-state index contributed by atoms with van der Waals surface area (Å²) >= 11 is 1.73. The molecule has 1 aliphatic heterocycles. The molecule has 0 bridgehead atoms. The lowest BCUT2D eigenvalue weighted by molar-refractivity contribution is -0.141. The summed E-state index contributed by atoms with van der Waals surface area (Å²) in [6.45, 7) is 7.12. The molecule has 0 fully saturated rings.